The minimum atomic E-state index is -0.444. The highest BCUT2D eigenvalue weighted by molar-refractivity contribution is 5.92. The van der Waals surface area contributed by atoms with Gasteiger partial charge in [0.1, 0.15) is 6.04 Å². The van der Waals surface area contributed by atoms with Crippen LogP contribution < -0.4 is 10.6 Å². The van der Waals surface area contributed by atoms with Crippen LogP contribution in [0.5, 0.6) is 0 Å². The van der Waals surface area contributed by atoms with Gasteiger partial charge in [-0.3, -0.25) is 4.79 Å². The molecule has 0 aliphatic rings. The summed E-state index contributed by atoms with van der Waals surface area (Å²) in [5.41, 5.74) is 2.43. The van der Waals surface area contributed by atoms with Crippen molar-refractivity contribution in [2.24, 2.45) is 0 Å². The lowest BCUT2D eigenvalue weighted by Gasteiger charge is -2.17. The van der Waals surface area contributed by atoms with Crippen LogP contribution in [0.4, 0.5) is 11.4 Å². The second-order valence-electron chi connectivity index (χ2n) is 4.27. The van der Waals surface area contributed by atoms with Crippen molar-refractivity contribution in [1.29, 1.82) is 0 Å². The number of anilines is 2. The van der Waals surface area contributed by atoms with Crippen LogP contribution in [0.1, 0.15) is 25.8 Å². The zero-order valence-electron chi connectivity index (χ0n) is 11.7. The summed E-state index contributed by atoms with van der Waals surface area (Å²) in [6.45, 7) is 5.41. The van der Waals surface area contributed by atoms with Crippen molar-refractivity contribution >= 4 is 23.3 Å². The van der Waals surface area contributed by atoms with Gasteiger partial charge in [-0.05, 0) is 31.5 Å². The van der Waals surface area contributed by atoms with Crippen LogP contribution in [0.15, 0.2) is 18.2 Å². The minimum Gasteiger partial charge on any atom is -0.467 e. The summed E-state index contributed by atoms with van der Waals surface area (Å²) < 4.78 is 4.67. The van der Waals surface area contributed by atoms with Crippen LogP contribution in [0.25, 0.3) is 0 Å². The molecule has 0 saturated heterocycles. The number of benzene rings is 1. The van der Waals surface area contributed by atoms with Gasteiger partial charge in [0.05, 0.1) is 7.11 Å². The maximum Gasteiger partial charge on any atom is 0.327 e. The molecule has 5 nitrogen and oxygen atoms in total. The maximum absolute atomic E-state index is 11.4. The van der Waals surface area contributed by atoms with Crippen LogP contribution in [-0.2, 0) is 14.3 Å². The number of rotatable bonds is 5. The molecule has 0 bridgehead atoms. The molecule has 0 aliphatic heterocycles. The number of hydrogen-bond acceptors (Lipinski definition) is 4. The van der Waals surface area contributed by atoms with Crippen LogP contribution in [-0.4, -0.2) is 25.0 Å². The predicted octanol–water partition coefficient (Wildman–Crippen LogP) is 2.32. The van der Waals surface area contributed by atoms with E-state index in [0.717, 1.165) is 16.9 Å². The SMILES string of the molecule is CCC(=O)Nc1cccc(N[C@@H](C)C(=O)OC)c1C. The van der Waals surface area contributed by atoms with E-state index in [4.69, 9.17) is 0 Å². The molecule has 0 fully saturated rings. The fraction of sp³-hybridized carbons (Fsp3) is 0.429. The first-order valence-corrected chi connectivity index (χ1v) is 6.23. The zero-order chi connectivity index (χ0) is 14.4. The second kappa shape index (κ2) is 6.78. The third-order valence-electron chi connectivity index (χ3n) is 2.86. The lowest BCUT2D eigenvalue weighted by Crippen LogP contribution is -2.27. The van der Waals surface area contributed by atoms with Crippen LogP contribution in [0.3, 0.4) is 0 Å². The van der Waals surface area contributed by atoms with Crippen molar-refractivity contribution in [1.82, 2.24) is 0 Å². The van der Waals surface area contributed by atoms with Crippen LogP contribution in [0.2, 0.25) is 0 Å². The van der Waals surface area contributed by atoms with E-state index in [0.29, 0.717) is 6.42 Å². The molecule has 1 rings (SSSR count). The summed E-state index contributed by atoms with van der Waals surface area (Å²) in [4.78, 5) is 22.8. The first-order chi connectivity index (χ1) is 8.99. The smallest absolute Gasteiger partial charge is 0.327 e. The van der Waals surface area contributed by atoms with Crippen molar-refractivity contribution in [3.8, 4) is 0 Å². The maximum atomic E-state index is 11.4. The van der Waals surface area contributed by atoms with E-state index in [1.54, 1.807) is 13.8 Å². The van der Waals surface area contributed by atoms with Gasteiger partial charge in [-0.15, -0.1) is 0 Å². The molecule has 2 N–H and O–H groups in total. The zero-order valence-corrected chi connectivity index (χ0v) is 11.7. The van der Waals surface area contributed by atoms with Gasteiger partial charge in [-0.25, -0.2) is 4.79 Å². The molecule has 0 unspecified atom stereocenters. The molecule has 19 heavy (non-hydrogen) atoms. The van der Waals surface area contributed by atoms with Gasteiger partial charge in [-0.1, -0.05) is 13.0 Å². The molecule has 0 radical (unpaired) electrons. The summed E-state index contributed by atoms with van der Waals surface area (Å²) in [5.74, 6) is -0.372. The van der Waals surface area contributed by atoms with Crippen molar-refractivity contribution < 1.29 is 14.3 Å². The molecular weight excluding hydrogens is 244 g/mol. The van der Waals surface area contributed by atoms with Gasteiger partial charge in [0.15, 0.2) is 0 Å². The average molecular weight is 264 g/mol. The number of hydrogen-bond donors (Lipinski definition) is 2. The van der Waals surface area contributed by atoms with Crippen molar-refractivity contribution in [2.75, 3.05) is 17.7 Å². The highest BCUT2D eigenvalue weighted by Crippen LogP contribution is 2.24. The van der Waals surface area contributed by atoms with E-state index >= 15 is 0 Å². The van der Waals surface area contributed by atoms with Crippen LogP contribution in [0, 0.1) is 6.92 Å². The van der Waals surface area contributed by atoms with E-state index in [9.17, 15) is 9.59 Å². The normalized spacial score (nSPS) is 11.6. The Kier molecular flexibility index (Phi) is 5.36. The molecule has 0 heterocycles. The number of carbonyl (C=O) groups excluding carboxylic acids is 2. The van der Waals surface area contributed by atoms with Gasteiger partial charge in [-0.2, -0.15) is 0 Å². The number of ether oxygens (including phenoxy) is 1. The number of methoxy groups -OCH3 is 1. The van der Waals surface area contributed by atoms with Crippen LogP contribution >= 0.6 is 0 Å². The Morgan fingerprint density at radius 1 is 1.32 bits per heavy atom. The van der Waals surface area contributed by atoms with Crippen molar-refractivity contribution in [3.05, 3.63) is 23.8 Å². The fourth-order valence-corrected chi connectivity index (χ4v) is 1.63. The Bertz CT molecular complexity index is 472. The number of carbonyl (C=O) groups is 2. The van der Waals surface area contributed by atoms with E-state index < -0.39 is 6.04 Å². The topological polar surface area (TPSA) is 67.4 Å². The minimum absolute atomic E-state index is 0.0405. The Balaban J connectivity index is 2.88. The third kappa shape index (κ3) is 3.98. The molecule has 5 heteroatoms. The molecule has 1 aromatic carbocycles. The molecule has 1 atom stereocenters. The van der Waals surface area contributed by atoms with Crippen molar-refractivity contribution in [3.63, 3.8) is 0 Å². The van der Waals surface area contributed by atoms with Gasteiger partial charge in [0.2, 0.25) is 5.91 Å². The fourth-order valence-electron chi connectivity index (χ4n) is 1.63. The molecule has 1 amide bonds. The van der Waals surface area contributed by atoms with Crippen molar-refractivity contribution in [2.45, 2.75) is 33.2 Å². The highest BCUT2D eigenvalue weighted by atomic mass is 16.5. The monoisotopic (exact) mass is 264 g/mol. The van der Waals surface area contributed by atoms with Gasteiger partial charge in [0, 0.05) is 17.8 Å². The predicted molar refractivity (Wildman–Crippen MR) is 75.2 cm³/mol. The van der Waals surface area contributed by atoms with Gasteiger partial charge < -0.3 is 15.4 Å². The molecule has 0 spiro atoms. The summed E-state index contributed by atoms with van der Waals surface area (Å²) in [5, 5.41) is 5.89. The Hall–Kier alpha value is -2.04. The standard InChI is InChI=1S/C14H20N2O3/c1-5-13(17)16-12-8-6-7-11(9(12)2)15-10(3)14(18)19-4/h6-8,10,15H,5H2,1-4H3,(H,16,17)/t10-/m0/s1. The first kappa shape index (κ1) is 15.0. The number of esters is 1. The van der Waals surface area contributed by atoms with E-state index in [1.807, 2.05) is 25.1 Å². The summed E-state index contributed by atoms with van der Waals surface area (Å²) >= 11 is 0. The molecule has 0 aliphatic carbocycles. The van der Waals surface area contributed by atoms with E-state index in [-0.39, 0.29) is 11.9 Å². The molecule has 104 valence electrons. The Morgan fingerprint density at radius 3 is 2.53 bits per heavy atom. The lowest BCUT2D eigenvalue weighted by atomic mass is 10.1. The second-order valence-corrected chi connectivity index (χ2v) is 4.27. The average Bonchev–Trinajstić information content (AvgIpc) is 2.41. The summed E-state index contributed by atoms with van der Waals surface area (Å²) in [7, 11) is 1.35. The van der Waals surface area contributed by atoms with E-state index in [1.165, 1.54) is 7.11 Å². The molecule has 0 saturated carbocycles. The largest absolute Gasteiger partial charge is 0.467 e. The third-order valence-corrected chi connectivity index (χ3v) is 2.86. The van der Waals surface area contributed by atoms with Gasteiger partial charge in [0.25, 0.3) is 0 Å². The highest BCUT2D eigenvalue weighted by Gasteiger charge is 2.14. The quantitative estimate of drug-likeness (QED) is 0.801. The Labute approximate surface area is 113 Å². The number of amides is 1. The lowest BCUT2D eigenvalue weighted by molar-refractivity contribution is -0.141. The molecular formula is C14H20N2O3. The Morgan fingerprint density at radius 2 is 1.95 bits per heavy atom. The summed E-state index contributed by atoms with van der Waals surface area (Å²) in [6, 6.07) is 5.07. The molecule has 1 aromatic rings. The number of nitrogens with one attached hydrogen (secondary N) is 2. The molecule has 0 aromatic heterocycles. The first-order valence-electron chi connectivity index (χ1n) is 6.23. The summed E-state index contributed by atoms with van der Waals surface area (Å²) in [6.07, 6.45) is 0.426. The van der Waals surface area contributed by atoms with Gasteiger partial charge >= 0.3 is 5.97 Å². The van der Waals surface area contributed by atoms with E-state index in [2.05, 4.69) is 15.4 Å².